The fourth-order valence-electron chi connectivity index (χ4n) is 2.07. The third kappa shape index (κ3) is 3.67. The zero-order valence-corrected chi connectivity index (χ0v) is 12.0. The van der Waals surface area contributed by atoms with Crippen LogP contribution in [0.4, 0.5) is 5.69 Å². The van der Waals surface area contributed by atoms with E-state index in [1.807, 2.05) is 24.3 Å². The van der Waals surface area contributed by atoms with Crippen molar-refractivity contribution in [2.24, 2.45) is 5.92 Å². The zero-order valence-electron chi connectivity index (χ0n) is 9.87. The first-order valence-electron chi connectivity index (χ1n) is 5.95. The van der Waals surface area contributed by atoms with Crippen LogP contribution in [-0.2, 0) is 4.79 Å². The Bertz CT molecular complexity index is 391. The van der Waals surface area contributed by atoms with Gasteiger partial charge in [0.25, 0.3) is 0 Å². The van der Waals surface area contributed by atoms with Gasteiger partial charge in [-0.25, -0.2) is 0 Å². The molecule has 1 aliphatic heterocycles. The Hall–Kier alpha value is -0.620. The lowest BCUT2D eigenvalue weighted by Gasteiger charge is -2.27. The molecule has 0 aliphatic carbocycles. The molecule has 1 heterocycles. The molecule has 1 aromatic rings. The minimum absolute atomic E-state index is 0.0435. The summed E-state index contributed by atoms with van der Waals surface area (Å²) in [6, 6.07) is 7.82. The van der Waals surface area contributed by atoms with E-state index < -0.39 is 0 Å². The maximum Gasteiger partial charge on any atom is 0.241 e. The maximum atomic E-state index is 12.0. The lowest BCUT2D eigenvalue weighted by molar-refractivity contribution is -0.119. The van der Waals surface area contributed by atoms with E-state index in [2.05, 4.69) is 40.1 Å². The monoisotopic (exact) mass is 344 g/mol. The summed E-state index contributed by atoms with van der Waals surface area (Å²) in [5.74, 6) is 0.710. The average Bonchev–Trinajstić information content (AvgIpc) is 2.32. The molecule has 4 heteroatoms. The van der Waals surface area contributed by atoms with E-state index in [4.69, 9.17) is 0 Å². The summed E-state index contributed by atoms with van der Waals surface area (Å²) in [7, 11) is 0. The van der Waals surface area contributed by atoms with Crippen molar-refractivity contribution in [2.75, 3.05) is 11.9 Å². The maximum absolute atomic E-state index is 12.0. The third-order valence-electron chi connectivity index (χ3n) is 3.09. The van der Waals surface area contributed by atoms with Crippen molar-refractivity contribution in [3.05, 3.63) is 27.8 Å². The second-order valence-corrected chi connectivity index (χ2v) is 5.88. The Balaban J connectivity index is 1.94. The van der Waals surface area contributed by atoms with Crippen LogP contribution in [0, 0.1) is 9.49 Å². The number of rotatable bonds is 2. The predicted molar refractivity (Wildman–Crippen MR) is 78.0 cm³/mol. The summed E-state index contributed by atoms with van der Waals surface area (Å²) in [5, 5.41) is 6.22. The highest BCUT2D eigenvalue weighted by atomic mass is 127. The number of hydrogen-bond donors (Lipinski definition) is 2. The van der Waals surface area contributed by atoms with Crippen LogP contribution in [0.5, 0.6) is 0 Å². The Kier molecular flexibility index (Phi) is 4.39. The molecule has 0 spiro atoms. The van der Waals surface area contributed by atoms with Gasteiger partial charge >= 0.3 is 0 Å². The molecule has 1 aromatic carbocycles. The van der Waals surface area contributed by atoms with Gasteiger partial charge in [0.1, 0.15) is 0 Å². The van der Waals surface area contributed by atoms with Crippen molar-refractivity contribution < 1.29 is 4.79 Å². The van der Waals surface area contributed by atoms with Gasteiger partial charge in [-0.1, -0.05) is 6.92 Å². The first kappa shape index (κ1) is 12.8. The van der Waals surface area contributed by atoms with Crippen molar-refractivity contribution >= 4 is 34.2 Å². The molecule has 0 saturated carbocycles. The van der Waals surface area contributed by atoms with Gasteiger partial charge in [0.05, 0.1) is 6.04 Å². The number of anilines is 1. The highest BCUT2D eigenvalue weighted by Gasteiger charge is 2.24. The molecule has 1 aliphatic rings. The summed E-state index contributed by atoms with van der Waals surface area (Å²) < 4.78 is 1.17. The second kappa shape index (κ2) is 5.82. The van der Waals surface area contributed by atoms with Crippen molar-refractivity contribution in [1.29, 1.82) is 0 Å². The van der Waals surface area contributed by atoms with Gasteiger partial charge in [0.2, 0.25) is 5.91 Å². The number of benzene rings is 1. The van der Waals surface area contributed by atoms with E-state index in [9.17, 15) is 4.79 Å². The Labute approximate surface area is 116 Å². The summed E-state index contributed by atoms with van der Waals surface area (Å²) >= 11 is 2.25. The Morgan fingerprint density at radius 2 is 2.12 bits per heavy atom. The highest BCUT2D eigenvalue weighted by molar-refractivity contribution is 14.1. The van der Waals surface area contributed by atoms with Gasteiger partial charge < -0.3 is 10.6 Å². The van der Waals surface area contributed by atoms with Crippen molar-refractivity contribution in [2.45, 2.75) is 25.8 Å². The molecular formula is C13H17IN2O. The molecular weight excluding hydrogens is 327 g/mol. The van der Waals surface area contributed by atoms with Gasteiger partial charge in [-0.05, 0) is 72.2 Å². The molecule has 2 N–H and O–H groups in total. The fourth-order valence-corrected chi connectivity index (χ4v) is 2.43. The van der Waals surface area contributed by atoms with Gasteiger partial charge in [-0.3, -0.25) is 4.79 Å². The van der Waals surface area contributed by atoms with Gasteiger partial charge in [0, 0.05) is 9.26 Å². The number of hydrogen-bond acceptors (Lipinski definition) is 2. The van der Waals surface area contributed by atoms with E-state index in [0.29, 0.717) is 5.92 Å². The summed E-state index contributed by atoms with van der Waals surface area (Å²) in [6.45, 7) is 3.14. The standard InChI is InChI=1S/C13H17IN2O/c1-9-6-7-15-12(8-9)13(17)16-11-4-2-10(14)3-5-11/h2-5,9,12,15H,6-8H2,1H3,(H,16,17). The van der Waals surface area contributed by atoms with E-state index in [1.54, 1.807) is 0 Å². The quantitative estimate of drug-likeness (QED) is 0.810. The molecule has 92 valence electrons. The number of nitrogens with one attached hydrogen (secondary N) is 2. The molecule has 2 atom stereocenters. The van der Waals surface area contributed by atoms with Crippen molar-refractivity contribution in [3.8, 4) is 0 Å². The number of carbonyl (C=O) groups excluding carboxylic acids is 1. The van der Waals surface area contributed by atoms with Crippen LogP contribution in [0.15, 0.2) is 24.3 Å². The summed E-state index contributed by atoms with van der Waals surface area (Å²) in [5.41, 5.74) is 0.871. The van der Waals surface area contributed by atoms with Crippen LogP contribution >= 0.6 is 22.6 Å². The molecule has 1 fully saturated rings. The molecule has 1 saturated heterocycles. The van der Waals surface area contributed by atoms with Gasteiger partial charge in [-0.2, -0.15) is 0 Å². The molecule has 1 amide bonds. The normalized spacial score (nSPS) is 24.4. The molecule has 2 rings (SSSR count). The van der Waals surface area contributed by atoms with E-state index in [0.717, 1.165) is 25.1 Å². The summed E-state index contributed by atoms with van der Waals surface area (Å²) in [4.78, 5) is 12.0. The first-order chi connectivity index (χ1) is 8.15. The van der Waals surface area contributed by atoms with E-state index >= 15 is 0 Å². The SMILES string of the molecule is CC1CCNC(C(=O)Nc2ccc(I)cc2)C1. The lowest BCUT2D eigenvalue weighted by atomic mass is 9.94. The minimum Gasteiger partial charge on any atom is -0.325 e. The minimum atomic E-state index is -0.0435. The average molecular weight is 344 g/mol. The Morgan fingerprint density at radius 3 is 2.76 bits per heavy atom. The topological polar surface area (TPSA) is 41.1 Å². The summed E-state index contributed by atoms with van der Waals surface area (Å²) in [6.07, 6.45) is 2.09. The highest BCUT2D eigenvalue weighted by Crippen LogP contribution is 2.17. The van der Waals surface area contributed by atoms with E-state index in [-0.39, 0.29) is 11.9 Å². The molecule has 0 bridgehead atoms. The molecule has 0 radical (unpaired) electrons. The largest absolute Gasteiger partial charge is 0.325 e. The van der Waals surface area contributed by atoms with Crippen LogP contribution in [0.2, 0.25) is 0 Å². The smallest absolute Gasteiger partial charge is 0.241 e. The first-order valence-corrected chi connectivity index (χ1v) is 7.03. The van der Waals surface area contributed by atoms with Crippen molar-refractivity contribution in [3.63, 3.8) is 0 Å². The fraction of sp³-hybridized carbons (Fsp3) is 0.462. The van der Waals surface area contributed by atoms with Crippen LogP contribution in [0.3, 0.4) is 0 Å². The zero-order chi connectivity index (χ0) is 12.3. The number of amides is 1. The number of halogens is 1. The molecule has 3 nitrogen and oxygen atoms in total. The number of piperidine rings is 1. The van der Waals surface area contributed by atoms with Gasteiger partial charge in [0.15, 0.2) is 0 Å². The van der Waals surface area contributed by atoms with Gasteiger partial charge in [-0.15, -0.1) is 0 Å². The molecule has 17 heavy (non-hydrogen) atoms. The number of carbonyl (C=O) groups is 1. The molecule has 0 aromatic heterocycles. The van der Waals surface area contributed by atoms with Crippen LogP contribution in [0.1, 0.15) is 19.8 Å². The predicted octanol–water partition coefficient (Wildman–Crippen LogP) is 2.62. The molecule has 2 unspecified atom stereocenters. The lowest BCUT2D eigenvalue weighted by Crippen LogP contribution is -2.45. The van der Waals surface area contributed by atoms with Crippen LogP contribution in [0.25, 0.3) is 0 Å². The van der Waals surface area contributed by atoms with Crippen molar-refractivity contribution in [1.82, 2.24) is 5.32 Å². The van der Waals surface area contributed by atoms with E-state index in [1.165, 1.54) is 3.57 Å². The Morgan fingerprint density at radius 1 is 1.41 bits per heavy atom. The van der Waals surface area contributed by atoms with Crippen LogP contribution in [-0.4, -0.2) is 18.5 Å². The third-order valence-corrected chi connectivity index (χ3v) is 3.81. The van der Waals surface area contributed by atoms with Crippen LogP contribution < -0.4 is 10.6 Å². The second-order valence-electron chi connectivity index (χ2n) is 4.63.